The molecule has 0 unspecified atom stereocenters. The van der Waals surface area contributed by atoms with Gasteiger partial charge in [-0.05, 0) is 24.5 Å². The third kappa shape index (κ3) is 2.02. The van der Waals surface area contributed by atoms with Gasteiger partial charge in [-0.3, -0.25) is 4.79 Å². The second-order valence-corrected chi connectivity index (χ2v) is 2.18. The molecule has 0 heterocycles. The highest BCUT2D eigenvalue weighted by molar-refractivity contribution is 5.66. The van der Waals surface area contributed by atoms with Crippen molar-refractivity contribution in [3.8, 4) is 0 Å². The maximum Gasteiger partial charge on any atom is 0.142 e. The second kappa shape index (κ2) is 3.83. The van der Waals surface area contributed by atoms with E-state index in [-0.39, 0.29) is 0 Å². The van der Waals surface area contributed by atoms with Gasteiger partial charge < -0.3 is 0 Å². The van der Waals surface area contributed by atoms with E-state index in [1.807, 2.05) is 12.2 Å². The highest BCUT2D eigenvalue weighted by Gasteiger charge is 1.90. The second-order valence-electron chi connectivity index (χ2n) is 2.18. The molecule has 0 amide bonds. The minimum atomic E-state index is 0.795. The predicted molar refractivity (Wildman–Crippen MR) is 41.7 cm³/mol. The molecular formula is C9H10O. The lowest BCUT2D eigenvalue weighted by molar-refractivity contribution is -0.104. The average Bonchev–Trinajstić information content (AvgIpc) is 2.03. The van der Waals surface area contributed by atoms with Crippen LogP contribution >= 0.6 is 0 Å². The molecule has 0 radical (unpaired) electrons. The molecule has 1 heteroatoms. The Hall–Kier alpha value is -1.11. The molecule has 0 aliphatic heterocycles. The first-order chi connectivity index (χ1) is 4.93. The number of aldehydes is 1. The van der Waals surface area contributed by atoms with Gasteiger partial charge in [0, 0.05) is 0 Å². The number of allylic oxidation sites excluding steroid dienone is 6. The van der Waals surface area contributed by atoms with Gasteiger partial charge in [-0.2, -0.15) is 0 Å². The van der Waals surface area contributed by atoms with Gasteiger partial charge >= 0.3 is 0 Å². The smallest absolute Gasteiger partial charge is 0.142 e. The molecule has 0 aromatic carbocycles. The van der Waals surface area contributed by atoms with Gasteiger partial charge in [0.2, 0.25) is 0 Å². The number of hydrogen-bond acceptors (Lipinski definition) is 1. The van der Waals surface area contributed by atoms with E-state index in [0.717, 1.165) is 24.7 Å². The lowest BCUT2D eigenvalue weighted by Crippen LogP contribution is -1.79. The topological polar surface area (TPSA) is 17.1 Å². The summed E-state index contributed by atoms with van der Waals surface area (Å²) in [4.78, 5) is 9.91. The Labute approximate surface area is 60.7 Å². The summed E-state index contributed by atoms with van der Waals surface area (Å²) in [5, 5.41) is 0. The molecule has 1 aliphatic rings. The monoisotopic (exact) mass is 134 g/mol. The molecule has 0 fully saturated rings. The van der Waals surface area contributed by atoms with Crippen molar-refractivity contribution < 1.29 is 4.79 Å². The summed E-state index contributed by atoms with van der Waals surface area (Å²) in [5.41, 5.74) is 1.14. The Bertz CT molecular complexity index is 197. The molecule has 0 N–H and O–H groups in total. The van der Waals surface area contributed by atoms with Gasteiger partial charge in [-0.1, -0.05) is 24.3 Å². The summed E-state index contributed by atoms with van der Waals surface area (Å²) in [6, 6.07) is 0. The third-order valence-corrected chi connectivity index (χ3v) is 1.39. The first kappa shape index (κ1) is 7.00. The van der Waals surface area contributed by atoms with Gasteiger partial charge in [0.15, 0.2) is 0 Å². The molecule has 0 bridgehead atoms. The van der Waals surface area contributed by atoms with E-state index in [1.54, 1.807) is 0 Å². The predicted octanol–water partition coefficient (Wildman–Crippen LogP) is 2.02. The van der Waals surface area contributed by atoms with Crippen molar-refractivity contribution in [3.05, 3.63) is 36.0 Å². The lowest BCUT2D eigenvalue weighted by Gasteiger charge is -1.98. The Balaban J connectivity index is 2.55. The van der Waals surface area contributed by atoms with Crippen LogP contribution in [0.4, 0.5) is 0 Å². The zero-order valence-corrected chi connectivity index (χ0v) is 5.79. The van der Waals surface area contributed by atoms with Crippen LogP contribution in [0.3, 0.4) is 0 Å². The van der Waals surface area contributed by atoms with Crippen molar-refractivity contribution in [2.75, 3.05) is 0 Å². The lowest BCUT2D eigenvalue weighted by atomic mass is 10.1. The minimum absolute atomic E-state index is 0.795. The Morgan fingerprint density at radius 3 is 2.90 bits per heavy atom. The molecule has 52 valence electrons. The molecule has 0 aromatic heterocycles. The molecule has 1 rings (SSSR count). The van der Waals surface area contributed by atoms with E-state index < -0.39 is 0 Å². The van der Waals surface area contributed by atoms with E-state index in [1.165, 1.54) is 6.08 Å². The number of hydrogen-bond donors (Lipinski definition) is 0. The minimum Gasteiger partial charge on any atom is -0.299 e. The van der Waals surface area contributed by atoms with Crippen LogP contribution < -0.4 is 0 Å². The van der Waals surface area contributed by atoms with E-state index in [4.69, 9.17) is 0 Å². The van der Waals surface area contributed by atoms with Crippen LogP contribution in [-0.2, 0) is 4.79 Å². The quantitative estimate of drug-likeness (QED) is 0.417. The van der Waals surface area contributed by atoms with Crippen molar-refractivity contribution >= 4 is 6.29 Å². The summed E-state index contributed by atoms with van der Waals surface area (Å²) in [6.45, 7) is 0. The largest absolute Gasteiger partial charge is 0.299 e. The van der Waals surface area contributed by atoms with Crippen LogP contribution in [0, 0.1) is 0 Å². The van der Waals surface area contributed by atoms with Crippen molar-refractivity contribution in [3.63, 3.8) is 0 Å². The Kier molecular flexibility index (Phi) is 2.68. The van der Waals surface area contributed by atoms with Crippen LogP contribution in [-0.4, -0.2) is 6.29 Å². The molecule has 0 spiro atoms. The summed E-state index contributed by atoms with van der Waals surface area (Å²) in [7, 11) is 0. The van der Waals surface area contributed by atoms with Crippen molar-refractivity contribution in [1.29, 1.82) is 0 Å². The average molecular weight is 134 g/mol. The SMILES string of the molecule is O=C/C=C\C1=CCCC=C1. The van der Waals surface area contributed by atoms with E-state index >= 15 is 0 Å². The number of rotatable bonds is 2. The fourth-order valence-electron chi connectivity index (χ4n) is 0.908. The van der Waals surface area contributed by atoms with Gasteiger partial charge in [-0.15, -0.1) is 0 Å². The van der Waals surface area contributed by atoms with Crippen LogP contribution in [0.25, 0.3) is 0 Å². The molecule has 0 aromatic rings. The van der Waals surface area contributed by atoms with Crippen LogP contribution in [0.1, 0.15) is 12.8 Å². The Morgan fingerprint density at radius 1 is 1.40 bits per heavy atom. The molecule has 0 atom stereocenters. The zero-order valence-electron chi connectivity index (χ0n) is 5.79. The summed E-state index contributed by atoms with van der Waals surface area (Å²) >= 11 is 0. The summed E-state index contributed by atoms with van der Waals surface area (Å²) < 4.78 is 0. The first-order valence-corrected chi connectivity index (χ1v) is 3.42. The van der Waals surface area contributed by atoms with Gasteiger partial charge in [-0.25, -0.2) is 0 Å². The molecular weight excluding hydrogens is 124 g/mol. The maximum atomic E-state index is 9.91. The fraction of sp³-hybridized carbons (Fsp3) is 0.222. The zero-order chi connectivity index (χ0) is 7.23. The molecule has 0 saturated heterocycles. The maximum absolute atomic E-state index is 9.91. The third-order valence-electron chi connectivity index (χ3n) is 1.39. The number of carbonyl (C=O) groups excluding carboxylic acids is 1. The van der Waals surface area contributed by atoms with Crippen molar-refractivity contribution in [1.82, 2.24) is 0 Å². The van der Waals surface area contributed by atoms with Gasteiger partial charge in [0.1, 0.15) is 6.29 Å². The van der Waals surface area contributed by atoms with E-state index in [2.05, 4.69) is 12.2 Å². The van der Waals surface area contributed by atoms with Crippen LogP contribution in [0.15, 0.2) is 36.0 Å². The fourth-order valence-corrected chi connectivity index (χ4v) is 0.908. The molecule has 1 aliphatic carbocycles. The van der Waals surface area contributed by atoms with Crippen LogP contribution in [0.5, 0.6) is 0 Å². The highest BCUT2D eigenvalue weighted by atomic mass is 16.1. The van der Waals surface area contributed by atoms with Gasteiger partial charge in [0.25, 0.3) is 0 Å². The normalized spacial score (nSPS) is 17.4. The van der Waals surface area contributed by atoms with Crippen molar-refractivity contribution in [2.45, 2.75) is 12.8 Å². The molecule has 1 nitrogen and oxygen atoms in total. The van der Waals surface area contributed by atoms with Crippen LogP contribution in [0.2, 0.25) is 0 Å². The molecule has 0 saturated carbocycles. The summed E-state index contributed by atoms with van der Waals surface area (Å²) in [6.07, 6.45) is 12.6. The van der Waals surface area contributed by atoms with E-state index in [9.17, 15) is 4.79 Å². The highest BCUT2D eigenvalue weighted by Crippen LogP contribution is 2.09. The van der Waals surface area contributed by atoms with E-state index in [0.29, 0.717) is 0 Å². The first-order valence-electron chi connectivity index (χ1n) is 3.42. The standard InChI is InChI=1S/C9H10O/c10-8-4-7-9-5-2-1-3-6-9/h2,4-8H,1,3H2/b7-4-. The Morgan fingerprint density at radius 2 is 2.30 bits per heavy atom. The van der Waals surface area contributed by atoms with Gasteiger partial charge in [0.05, 0.1) is 0 Å². The van der Waals surface area contributed by atoms with Crippen molar-refractivity contribution in [2.24, 2.45) is 0 Å². The summed E-state index contributed by atoms with van der Waals surface area (Å²) in [5.74, 6) is 0. The number of carbonyl (C=O) groups is 1. The molecule has 10 heavy (non-hydrogen) atoms.